The second-order valence-electron chi connectivity index (χ2n) is 7.70. The van der Waals surface area contributed by atoms with Crippen LogP contribution in [0.5, 0.6) is 0 Å². The van der Waals surface area contributed by atoms with Gasteiger partial charge in [-0.25, -0.2) is 9.18 Å². The molecule has 0 unspecified atom stereocenters. The van der Waals surface area contributed by atoms with Gasteiger partial charge in [0.1, 0.15) is 11.4 Å². The number of imide groups is 1. The van der Waals surface area contributed by atoms with Gasteiger partial charge < -0.3 is 5.32 Å². The lowest BCUT2D eigenvalue weighted by Gasteiger charge is -2.25. The molecule has 0 spiro atoms. The highest BCUT2D eigenvalue weighted by molar-refractivity contribution is 6.11. The fraction of sp³-hybridized carbons (Fsp3) is 0.348. The number of urea groups is 1. The van der Waals surface area contributed by atoms with Crippen LogP contribution in [0, 0.1) is 5.82 Å². The summed E-state index contributed by atoms with van der Waals surface area (Å²) in [7, 11) is 0. The molecule has 2 aromatic carbocycles. The van der Waals surface area contributed by atoms with Gasteiger partial charge in [-0.1, -0.05) is 31.2 Å². The summed E-state index contributed by atoms with van der Waals surface area (Å²) in [4.78, 5) is 39.5. The lowest BCUT2D eigenvalue weighted by atomic mass is 9.87. The van der Waals surface area contributed by atoms with Crippen molar-refractivity contribution in [1.29, 1.82) is 0 Å². The number of nitrogens with zero attached hydrogens (tertiary/aromatic N) is 1. The number of aryl methyl sites for hydroxylation is 2. The Bertz CT molecular complexity index is 986. The summed E-state index contributed by atoms with van der Waals surface area (Å²) >= 11 is 0. The van der Waals surface area contributed by atoms with E-state index >= 15 is 0 Å². The minimum absolute atomic E-state index is 0.270. The van der Waals surface area contributed by atoms with E-state index in [1.54, 1.807) is 13.0 Å². The third-order valence-corrected chi connectivity index (χ3v) is 6.02. The molecule has 0 bridgehead atoms. The minimum Gasteiger partial charge on any atom is -0.319 e. The number of hydrogen-bond acceptors (Lipinski definition) is 3. The summed E-state index contributed by atoms with van der Waals surface area (Å²) < 4.78 is 13.3. The van der Waals surface area contributed by atoms with E-state index in [2.05, 4.69) is 5.32 Å². The Morgan fingerprint density at radius 3 is 2.45 bits per heavy atom. The molecule has 1 atom stereocenters. The molecule has 0 radical (unpaired) electrons. The zero-order valence-electron chi connectivity index (χ0n) is 16.3. The molecule has 150 valence electrons. The number of fused-ring (bicyclic) bond motifs is 1. The highest BCUT2D eigenvalue weighted by atomic mass is 19.1. The first kappa shape index (κ1) is 19.3. The molecule has 2 aliphatic rings. The quantitative estimate of drug-likeness (QED) is 0.621. The first-order valence-corrected chi connectivity index (χ1v) is 10.00. The van der Waals surface area contributed by atoms with Gasteiger partial charge in [-0.15, -0.1) is 0 Å². The molecule has 1 fully saturated rings. The first-order chi connectivity index (χ1) is 13.9. The summed E-state index contributed by atoms with van der Waals surface area (Å²) in [6.45, 7) is 1.46. The molecule has 5 nitrogen and oxygen atoms in total. The molecular formula is C23H23FN2O3. The van der Waals surface area contributed by atoms with E-state index in [-0.39, 0.29) is 12.3 Å². The molecule has 3 amide bonds. The molecular weight excluding hydrogens is 371 g/mol. The summed E-state index contributed by atoms with van der Waals surface area (Å²) in [5.74, 6) is -1.17. The first-order valence-electron chi connectivity index (χ1n) is 10.00. The van der Waals surface area contributed by atoms with Crippen molar-refractivity contribution in [3.63, 3.8) is 0 Å². The highest BCUT2D eigenvalue weighted by Gasteiger charge is 2.51. The topological polar surface area (TPSA) is 66.5 Å². The maximum atomic E-state index is 13.3. The van der Waals surface area contributed by atoms with Gasteiger partial charge in [-0.2, -0.15) is 0 Å². The number of rotatable bonds is 5. The molecule has 1 aliphatic heterocycles. The van der Waals surface area contributed by atoms with Crippen molar-refractivity contribution in [2.45, 2.75) is 44.6 Å². The van der Waals surface area contributed by atoms with Gasteiger partial charge in [0.2, 0.25) is 0 Å². The molecule has 6 heteroatoms. The van der Waals surface area contributed by atoms with Gasteiger partial charge in [0, 0.05) is 5.56 Å². The maximum absolute atomic E-state index is 13.3. The smallest absolute Gasteiger partial charge is 0.319 e. The second-order valence-corrected chi connectivity index (χ2v) is 7.70. The van der Waals surface area contributed by atoms with Gasteiger partial charge >= 0.3 is 6.03 Å². The van der Waals surface area contributed by atoms with Crippen LogP contribution in [0.25, 0.3) is 0 Å². The van der Waals surface area contributed by atoms with Gasteiger partial charge in [-0.05, 0) is 67.0 Å². The zero-order chi connectivity index (χ0) is 20.6. The van der Waals surface area contributed by atoms with E-state index in [0.717, 1.165) is 30.6 Å². The van der Waals surface area contributed by atoms with Crippen molar-refractivity contribution < 1.29 is 18.8 Å². The van der Waals surface area contributed by atoms with Crippen molar-refractivity contribution in [1.82, 2.24) is 10.2 Å². The van der Waals surface area contributed by atoms with Crippen LogP contribution in [0.3, 0.4) is 0 Å². The number of benzene rings is 2. The third kappa shape index (κ3) is 3.33. The van der Waals surface area contributed by atoms with E-state index in [1.165, 1.54) is 35.4 Å². The van der Waals surface area contributed by atoms with Gasteiger partial charge in [0.15, 0.2) is 5.78 Å². The van der Waals surface area contributed by atoms with Crippen LogP contribution in [0.2, 0.25) is 0 Å². The average Bonchev–Trinajstić information content (AvgIpc) is 2.99. The number of ketones is 1. The van der Waals surface area contributed by atoms with Crippen LogP contribution >= 0.6 is 0 Å². The predicted octanol–water partition coefficient (Wildman–Crippen LogP) is 3.74. The zero-order valence-corrected chi connectivity index (χ0v) is 16.3. The monoisotopic (exact) mass is 394 g/mol. The predicted molar refractivity (Wildman–Crippen MR) is 106 cm³/mol. The number of carbonyl (C=O) groups is 3. The van der Waals surface area contributed by atoms with E-state index in [4.69, 9.17) is 0 Å². The van der Waals surface area contributed by atoms with Crippen LogP contribution in [0.4, 0.5) is 9.18 Å². The number of halogens is 1. The molecule has 1 heterocycles. The van der Waals surface area contributed by atoms with Crippen LogP contribution in [-0.2, 0) is 23.2 Å². The van der Waals surface area contributed by atoms with Gasteiger partial charge in [0.05, 0.1) is 6.54 Å². The fourth-order valence-electron chi connectivity index (χ4n) is 4.29. The van der Waals surface area contributed by atoms with E-state index in [0.29, 0.717) is 17.5 Å². The Labute approximate surface area is 168 Å². The fourth-order valence-corrected chi connectivity index (χ4v) is 4.29. The summed E-state index contributed by atoms with van der Waals surface area (Å²) in [5.41, 5.74) is 2.18. The summed E-state index contributed by atoms with van der Waals surface area (Å²) in [6, 6.07) is 10.5. The van der Waals surface area contributed by atoms with Crippen molar-refractivity contribution in [2.75, 3.05) is 6.54 Å². The van der Waals surface area contributed by atoms with Crippen LogP contribution in [0.1, 0.15) is 53.2 Å². The molecule has 0 saturated carbocycles. The standard InChI is InChI=1S/C23H23FN2O3/c1-2-23(18-9-11-19(24)12-10-18)21(28)26(22(29)25-23)14-20(27)17-8-7-15-5-3-4-6-16(15)13-17/h7-13H,2-6,14H2,1H3,(H,25,29)/t23-/m1/s1. The number of carbonyl (C=O) groups excluding carboxylic acids is 3. The van der Waals surface area contributed by atoms with E-state index in [9.17, 15) is 18.8 Å². The van der Waals surface area contributed by atoms with E-state index < -0.39 is 23.3 Å². The number of amides is 3. The van der Waals surface area contributed by atoms with Gasteiger partial charge in [-0.3, -0.25) is 14.5 Å². The largest absolute Gasteiger partial charge is 0.325 e. The molecule has 4 rings (SSSR count). The molecule has 29 heavy (non-hydrogen) atoms. The molecule has 1 saturated heterocycles. The summed E-state index contributed by atoms with van der Waals surface area (Å²) in [6.07, 6.45) is 4.53. The van der Waals surface area contributed by atoms with Crippen molar-refractivity contribution in [3.05, 3.63) is 70.5 Å². The minimum atomic E-state index is -1.28. The number of hydrogen-bond donors (Lipinski definition) is 1. The Hall–Kier alpha value is -3.02. The third-order valence-electron chi connectivity index (χ3n) is 6.02. The lowest BCUT2D eigenvalue weighted by molar-refractivity contribution is -0.131. The van der Waals surface area contributed by atoms with Crippen LogP contribution in [0.15, 0.2) is 42.5 Å². The Morgan fingerprint density at radius 1 is 1.07 bits per heavy atom. The Kier molecular flexibility index (Phi) is 4.94. The maximum Gasteiger partial charge on any atom is 0.325 e. The SMILES string of the molecule is CC[C@]1(c2ccc(F)cc2)NC(=O)N(CC(=O)c2ccc3c(c2)CCCC3)C1=O. The highest BCUT2D eigenvalue weighted by Crippen LogP contribution is 2.33. The number of Topliss-reactive ketones (excluding diaryl/α,β-unsaturated/α-hetero) is 1. The number of nitrogens with one attached hydrogen (secondary N) is 1. The lowest BCUT2D eigenvalue weighted by Crippen LogP contribution is -2.43. The van der Waals surface area contributed by atoms with E-state index in [1.807, 2.05) is 12.1 Å². The Balaban J connectivity index is 1.57. The molecule has 1 N–H and O–H groups in total. The van der Waals surface area contributed by atoms with Crippen molar-refractivity contribution >= 4 is 17.7 Å². The Morgan fingerprint density at radius 2 is 1.76 bits per heavy atom. The molecule has 2 aromatic rings. The van der Waals surface area contributed by atoms with Crippen molar-refractivity contribution in [2.24, 2.45) is 0 Å². The average molecular weight is 394 g/mol. The normalized spacial score (nSPS) is 21.1. The second kappa shape index (κ2) is 7.43. The van der Waals surface area contributed by atoms with Crippen molar-refractivity contribution in [3.8, 4) is 0 Å². The summed E-state index contributed by atoms with van der Waals surface area (Å²) in [5, 5.41) is 2.72. The van der Waals surface area contributed by atoms with Gasteiger partial charge in [0.25, 0.3) is 5.91 Å². The molecule has 1 aliphatic carbocycles. The van der Waals surface area contributed by atoms with Crippen LogP contribution < -0.4 is 5.32 Å². The molecule has 0 aromatic heterocycles. The van der Waals surface area contributed by atoms with Crippen LogP contribution in [-0.4, -0.2) is 29.2 Å².